The monoisotopic (exact) mass is 451 g/mol. The lowest BCUT2D eigenvalue weighted by Gasteiger charge is -2.44. The Labute approximate surface area is 200 Å². The first-order chi connectivity index (χ1) is 16.6. The predicted molar refractivity (Wildman–Crippen MR) is 134 cm³/mol. The largest absolute Gasteiger partial charge is 0.448 e. The molecule has 0 N–H and O–H groups in total. The van der Waals surface area contributed by atoms with E-state index < -0.39 is 0 Å². The summed E-state index contributed by atoms with van der Waals surface area (Å²) in [4.78, 5) is 15.3. The first-order valence-electron chi connectivity index (χ1n) is 12.1. The molecule has 0 radical (unpaired) electrons. The Bertz CT molecular complexity index is 1250. The van der Waals surface area contributed by atoms with Crippen LogP contribution in [0.15, 0.2) is 72.8 Å². The lowest BCUT2D eigenvalue weighted by Crippen LogP contribution is -2.56. The van der Waals surface area contributed by atoms with Gasteiger partial charge in [-0.1, -0.05) is 72.8 Å². The molecule has 1 aliphatic carbocycles. The molecular weight excluding hydrogens is 422 g/mol. The van der Waals surface area contributed by atoms with E-state index in [0.29, 0.717) is 19.8 Å². The number of aryl methyl sites for hydroxylation is 2. The van der Waals surface area contributed by atoms with Crippen LogP contribution in [0.5, 0.6) is 0 Å². The van der Waals surface area contributed by atoms with Crippen molar-refractivity contribution in [2.24, 2.45) is 0 Å². The maximum atomic E-state index is 13.4. The summed E-state index contributed by atoms with van der Waals surface area (Å²) >= 11 is 0. The molecule has 6 rings (SSSR count). The Hall–Kier alpha value is -3.37. The zero-order chi connectivity index (χ0) is 23.2. The van der Waals surface area contributed by atoms with Crippen LogP contribution < -0.4 is 0 Å². The molecule has 2 bridgehead atoms. The Morgan fingerprint density at radius 2 is 1.65 bits per heavy atom. The highest BCUT2D eigenvalue weighted by atomic mass is 16.6. The third kappa shape index (κ3) is 3.54. The van der Waals surface area contributed by atoms with Gasteiger partial charge in [-0.05, 0) is 64.8 Å². The molecular formula is C30H29NO3. The fourth-order valence-electron chi connectivity index (χ4n) is 5.70. The van der Waals surface area contributed by atoms with Crippen molar-refractivity contribution in [3.05, 3.63) is 101 Å². The quantitative estimate of drug-likeness (QED) is 0.482. The molecule has 0 spiro atoms. The van der Waals surface area contributed by atoms with Gasteiger partial charge >= 0.3 is 6.09 Å². The Balaban J connectivity index is 1.22. The SMILES string of the molecule is Cc1ccc(C2=CC3COCC(C2)N3C(=O)OCC2c3ccccc3-c3ccccc32)cc1C. The van der Waals surface area contributed by atoms with Gasteiger partial charge in [-0.2, -0.15) is 0 Å². The van der Waals surface area contributed by atoms with Crippen LogP contribution in [-0.4, -0.2) is 42.9 Å². The topological polar surface area (TPSA) is 38.8 Å². The van der Waals surface area contributed by atoms with Crippen LogP contribution in [0.1, 0.15) is 40.2 Å². The van der Waals surface area contributed by atoms with Crippen molar-refractivity contribution in [3.63, 3.8) is 0 Å². The number of hydrogen-bond acceptors (Lipinski definition) is 3. The summed E-state index contributed by atoms with van der Waals surface area (Å²) in [6.07, 6.45) is 2.74. The second kappa shape index (κ2) is 8.44. The average Bonchev–Trinajstić information content (AvgIpc) is 3.17. The summed E-state index contributed by atoms with van der Waals surface area (Å²) in [5, 5.41) is 0. The second-order valence-electron chi connectivity index (χ2n) is 9.66. The van der Waals surface area contributed by atoms with E-state index >= 15 is 0 Å². The van der Waals surface area contributed by atoms with Crippen molar-refractivity contribution in [1.29, 1.82) is 0 Å². The molecule has 3 aromatic rings. The van der Waals surface area contributed by atoms with Crippen molar-refractivity contribution < 1.29 is 14.3 Å². The number of carbonyl (C=O) groups is 1. The lowest BCUT2D eigenvalue weighted by atomic mass is 9.89. The van der Waals surface area contributed by atoms with Gasteiger partial charge in [0, 0.05) is 5.92 Å². The van der Waals surface area contributed by atoms with Gasteiger partial charge in [0.2, 0.25) is 0 Å². The Kier molecular flexibility index (Phi) is 5.26. The lowest BCUT2D eigenvalue weighted by molar-refractivity contribution is -0.0331. The van der Waals surface area contributed by atoms with Crippen molar-refractivity contribution >= 4 is 11.7 Å². The van der Waals surface area contributed by atoms with E-state index in [1.807, 2.05) is 4.90 Å². The van der Waals surface area contributed by atoms with Crippen molar-refractivity contribution in [2.45, 2.75) is 38.3 Å². The van der Waals surface area contributed by atoms with Crippen molar-refractivity contribution in [1.82, 2.24) is 4.90 Å². The number of benzene rings is 3. The molecule has 3 aromatic carbocycles. The molecule has 0 saturated carbocycles. The summed E-state index contributed by atoms with van der Waals surface area (Å²) in [6, 6.07) is 23.4. The molecule has 1 fully saturated rings. The zero-order valence-corrected chi connectivity index (χ0v) is 19.7. The summed E-state index contributed by atoms with van der Waals surface area (Å²) in [5.41, 5.74) is 10.1. The molecule has 172 valence electrons. The number of morpholine rings is 1. The van der Waals surface area contributed by atoms with Crippen LogP contribution >= 0.6 is 0 Å². The minimum atomic E-state index is -0.240. The standard InChI is InChI=1S/C30H29NO3/c1-19-11-12-21(13-20(19)2)22-14-23-16-33-17-24(15-22)31(23)30(32)34-18-29-27-9-5-3-7-25(27)26-8-4-6-10-28(26)29/h3-14,23-24,29H,15-18H2,1-2H3. The van der Waals surface area contributed by atoms with E-state index in [2.05, 4.69) is 86.7 Å². The Morgan fingerprint density at radius 3 is 2.32 bits per heavy atom. The first-order valence-corrected chi connectivity index (χ1v) is 12.1. The molecule has 4 nitrogen and oxygen atoms in total. The third-order valence-corrected chi connectivity index (χ3v) is 7.62. The molecule has 4 heteroatoms. The van der Waals surface area contributed by atoms with Gasteiger partial charge in [0.25, 0.3) is 0 Å². The average molecular weight is 452 g/mol. The van der Waals surface area contributed by atoms with Crippen LogP contribution in [0, 0.1) is 13.8 Å². The number of hydrogen-bond donors (Lipinski definition) is 0. The molecule has 2 aliphatic heterocycles. The van der Waals surface area contributed by atoms with Crippen LogP contribution in [0.4, 0.5) is 4.79 Å². The van der Waals surface area contributed by atoms with E-state index in [0.717, 1.165) is 6.42 Å². The second-order valence-corrected chi connectivity index (χ2v) is 9.66. The fraction of sp³-hybridized carbons (Fsp3) is 0.300. The van der Waals surface area contributed by atoms with Gasteiger partial charge in [-0.3, -0.25) is 4.90 Å². The highest BCUT2D eigenvalue weighted by Crippen LogP contribution is 2.44. The molecule has 2 atom stereocenters. The van der Waals surface area contributed by atoms with E-state index in [1.165, 1.54) is 44.5 Å². The smallest absolute Gasteiger partial charge is 0.410 e. The number of fused-ring (bicyclic) bond motifs is 5. The van der Waals surface area contributed by atoms with E-state index in [9.17, 15) is 4.79 Å². The normalized spacial score (nSPS) is 21.0. The van der Waals surface area contributed by atoms with Gasteiger partial charge in [-0.25, -0.2) is 4.79 Å². The molecule has 3 aliphatic rings. The third-order valence-electron chi connectivity index (χ3n) is 7.62. The van der Waals surface area contributed by atoms with Gasteiger partial charge in [0.15, 0.2) is 0 Å². The van der Waals surface area contributed by atoms with Gasteiger partial charge in [-0.15, -0.1) is 0 Å². The molecule has 34 heavy (non-hydrogen) atoms. The number of carbonyl (C=O) groups excluding carboxylic acids is 1. The maximum absolute atomic E-state index is 13.4. The predicted octanol–water partition coefficient (Wildman–Crippen LogP) is 6.11. The maximum Gasteiger partial charge on any atom is 0.410 e. The Morgan fingerprint density at radius 1 is 0.941 bits per heavy atom. The summed E-state index contributed by atoms with van der Waals surface area (Å²) in [5.74, 6) is 0.0684. The number of nitrogens with zero attached hydrogens (tertiary/aromatic N) is 1. The van der Waals surface area contributed by atoms with Crippen molar-refractivity contribution in [3.8, 4) is 11.1 Å². The molecule has 2 heterocycles. The molecule has 2 unspecified atom stereocenters. The molecule has 1 saturated heterocycles. The van der Waals surface area contributed by atoms with Crippen molar-refractivity contribution in [2.75, 3.05) is 19.8 Å². The number of amides is 1. The van der Waals surface area contributed by atoms with Gasteiger partial charge < -0.3 is 9.47 Å². The van der Waals surface area contributed by atoms with Crippen LogP contribution in [-0.2, 0) is 9.47 Å². The zero-order valence-electron chi connectivity index (χ0n) is 19.7. The summed E-state index contributed by atoms with van der Waals surface area (Å²) in [6.45, 7) is 5.68. The highest BCUT2D eigenvalue weighted by Gasteiger charge is 2.40. The van der Waals surface area contributed by atoms with E-state index in [-0.39, 0.29) is 24.1 Å². The molecule has 0 aromatic heterocycles. The minimum absolute atomic E-state index is 0.00369. The fourth-order valence-corrected chi connectivity index (χ4v) is 5.70. The van der Waals surface area contributed by atoms with Gasteiger partial charge in [0.05, 0.1) is 25.3 Å². The number of ether oxygens (including phenoxy) is 2. The van der Waals surface area contributed by atoms with Gasteiger partial charge in [0.1, 0.15) is 6.61 Å². The van der Waals surface area contributed by atoms with Crippen LogP contribution in [0.25, 0.3) is 16.7 Å². The van der Waals surface area contributed by atoms with E-state index in [4.69, 9.17) is 9.47 Å². The van der Waals surface area contributed by atoms with Crippen LogP contribution in [0.2, 0.25) is 0 Å². The summed E-state index contributed by atoms with van der Waals surface area (Å²) in [7, 11) is 0. The highest BCUT2D eigenvalue weighted by molar-refractivity contribution is 5.79. The number of rotatable bonds is 3. The van der Waals surface area contributed by atoms with Crippen LogP contribution in [0.3, 0.4) is 0 Å². The summed E-state index contributed by atoms with van der Waals surface area (Å²) < 4.78 is 11.8. The minimum Gasteiger partial charge on any atom is -0.448 e. The first kappa shape index (κ1) is 21.2. The van der Waals surface area contributed by atoms with E-state index in [1.54, 1.807) is 0 Å². The molecule has 1 amide bonds.